The zero-order valence-corrected chi connectivity index (χ0v) is 15.2. The van der Waals surface area contributed by atoms with Crippen LogP contribution in [0.2, 0.25) is 0 Å². The summed E-state index contributed by atoms with van der Waals surface area (Å²) in [4.78, 5) is 0.315. The number of benzene rings is 1. The molecule has 0 amide bonds. The Balaban J connectivity index is 2.11. The van der Waals surface area contributed by atoms with Crippen LogP contribution < -0.4 is 9.46 Å². The Morgan fingerprint density at radius 2 is 1.76 bits per heavy atom. The zero-order valence-electron chi connectivity index (χ0n) is 12.3. The van der Waals surface area contributed by atoms with Gasteiger partial charge in [-0.05, 0) is 53.6 Å². The van der Waals surface area contributed by atoms with E-state index >= 15 is 0 Å². The largest absolute Gasteiger partial charge is 0.496 e. The Labute approximate surface area is 140 Å². The summed E-state index contributed by atoms with van der Waals surface area (Å²) in [5.41, 5.74) is 0. The van der Waals surface area contributed by atoms with E-state index in [4.69, 9.17) is 4.74 Å². The topological polar surface area (TPSA) is 55.4 Å². The summed E-state index contributed by atoms with van der Waals surface area (Å²) in [6, 6.07) is 5.03. The molecule has 0 atom stereocenters. The van der Waals surface area contributed by atoms with E-state index in [-0.39, 0.29) is 6.04 Å². The van der Waals surface area contributed by atoms with Crippen molar-refractivity contribution >= 4 is 32.6 Å². The van der Waals surface area contributed by atoms with Gasteiger partial charge in [0.25, 0.3) is 0 Å². The van der Waals surface area contributed by atoms with Crippen molar-refractivity contribution in [1.82, 2.24) is 4.72 Å². The molecule has 1 N–H and O–H groups in total. The second kappa shape index (κ2) is 7.78. The Hall–Kier alpha value is -0.340. The quantitative estimate of drug-likeness (QED) is 0.752. The second-order valence-electron chi connectivity index (χ2n) is 5.46. The third-order valence-corrected chi connectivity index (χ3v) is 6.22. The molecule has 1 aromatic carbocycles. The predicted octanol–water partition coefficient (Wildman–Crippen LogP) is 3.69. The van der Waals surface area contributed by atoms with Gasteiger partial charge in [-0.3, -0.25) is 0 Å². The van der Waals surface area contributed by atoms with E-state index in [0.717, 1.165) is 29.3 Å². The third kappa shape index (κ3) is 4.82. The number of halogens is 1. The van der Waals surface area contributed by atoms with E-state index < -0.39 is 10.0 Å². The normalized spacial score (nSPS) is 18.0. The first-order valence-corrected chi connectivity index (χ1v) is 9.95. The van der Waals surface area contributed by atoms with Crippen molar-refractivity contribution in [2.75, 3.05) is 7.11 Å². The van der Waals surface area contributed by atoms with Crippen molar-refractivity contribution in [3.63, 3.8) is 0 Å². The first kappa shape index (κ1) is 17.0. The lowest BCUT2D eigenvalue weighted by molar-refractivity contribution is 0.411. The number of ether oxygens (including phenoxy) is 1. The molecule has 21 heavy (non-hydrogen) atoms. The molecular formula is C15H22INO3S. The molecule has 1 fully saturated rings. The molecule has 118 valence electrons. The van der Waals surface area contributed by atoms with E-state index in [1.165, 1.54) is 19.3 Å². The van der Waals surface area contributed by atoms with Crippen LogP contribution in [0.25, 0.3) is 0 Å². The lowest BCUT2D eigenvalue weighted by Crippen LogP contribution is -2.35. The van der Waals surface area contributed by atoms with E-state index in [0.29, 0.717) is 10.6 Å². The summed E-state index contributed by atoms with van der Waals surface area (Å²) in [7, 11) is -1.86. The predicted molar refractivity (Wildman–Crippen MR) is 92.1 cm³/mol. The van der Waals surface area contributed by atoms with Crippen molar-refractivity contribution in [3.8, 4) is 5.75 Å². The van der Waals surface area contributed by atoms with Crippen LogP contribution in [0, 0.1) is 3.57 Å². The Morgan fingerprint density at radius 1 is 1.14 bits per heavy atom. The molecule has 1 aliphatic carbocycles. The van der Waals surface area contributed by atoms with Gasteiger partial charge in [-0.25, -0.2) is 13.1 Å². The Bertz CT molecular complexity index is 566. The molecule has 4 nitrogen and oxygen atoms in total. The van der Waals surface area contributed by atoms with Gasteiger partial charge in [0.2, 0.25) is 10.0 Å². The standard InChI is InChI=1S/C15H22INO3S/c1-20-15-10-9-13(11-14(15)16)21(18,19)17-12-7-5-3-2-4-6-8-12/h9-12,17H,2-8H2,1H3. The number of rotatable bonds is 4. The molecular weight excluding hydrogens is 401 g/mol. The second-order valence-corrected chi connectivity index (χ2v) is 8.34. The fraction of sp³-hybridized carbons (Fsp3) is 0.600. The van der Waals surface area contributed by atoms with Gasteiger partial charge < -0.3 is 4.74 Å². The number of methoxy groups -OCH3 is 1. The van der Waals surface area contributed by atoms with E-state index in [9.17, 15) is 8.42 Å². The van der Waals surface area contributed by atoms with Crippen LogP contribution in [0.4, 0.5) is 0 Å². The van der Waals surface area contributed by atoms with Gasteiger partial charge >= 0.3 is 0 Å². The molecule has 1 saturated carbocycles. The molecule has 0 aromatic heterocycles. The number of hydrogen-bond donors (Lipinski definition) is 1. The van der Waals surface area contributed by atoms with Crippen molar-refractivity contribution in [2.24, 2.45) is 0 Å². The van der Waals surface area contributed by atoms with Crippen molar-refractivity contribution in [1.29, 1.82) is 0 Å². The average Bonchev–Trinajstić information content (AvgIpc) is 2.41. The van der Waals surface area contributed by atoms with Gasteiger partial charge in [-0.2, -0.15) is 0 Å². The molecule has 0 aliphatic heterocycles. The maximum Gasteiger partial charge on any atom is 0.240 e. The highest BCUT2D eigenvalue weighted by atomic mass is 127. The van der Waals surface area contributed by atoms with Crippen molar-refractivity contribution in [2.45, 2.75) is 55.9 Å². The third-order valence-electron chi connectivity index (χ3n) is 3.86. The number of hydrogen-bond acceptors (Lipinski definition) is 3. The molecule has 1 aromatic rings. The lowest BCUT2D eigenvalue weighted by atomic mass is 9.97. The first-order valence-electron chi connectivity index (χ1n) is 7.39. The van der Waals surface area contributed by atoms with E-state index in [1.807, 2.05) is 0 Å². The van der Waals surface area contributed by atoms with Crippen LogP contribution in [-0.4, -0.2) is 21.6 Å². The summed E-state index contributed by atoms with van der Waals surface area (Å²) in [5.74, 6) is 0.695. The van der Waals surface area contributed by atoms with Crippen LogP contribution in [-0.2, 0) is 10.0 Å². The Morgan fingerprint density at radius 3 is 2.33 bits per heavy atom. The zero-order chi connectivity index (χ0) is 15.3. The van der Waals surface area contributed by atoms with Gasteiger partial charge in [-0.1, -0.05) is 32.1 Å². The van der Waals surface area contributed by atoms with Gasteiger partial charge in [0.15, 0.2) is 0 Å². The highest BCUT2D eigenvalue weighted by molar-refractivity contribution is 14.1. The smallest absolute Gasteiger partial charge is 0.240 e. The molecule has 6 heteroatoms. The first-order chi connectivity index (χ1) is 10.0. The average molecular weight is 423 g/mol. The van der Waals surface area contributed by atoms with E-state index in [1.54, 1.807) is 25.3 Å². The van der Waals surface area contributed by atoms with Gasteiger partial charge in [0.05, 0.1) is 15.6 Å². The molecule has 2 rings (SSSR count). The van der Waals surface area contributed by atoms with Crippen molar-refractivity contribution < 1.29 is 13.2 Å². The molecule has 1 aliphatic rings. The molecule has 0 unspecified atom stereocenters. The fourth-order valence-corrected chi connectivity index (χ4v) is 4.95. The van der Waals surface area contributed by atoms with Crippen LogP contribution in [0.15, 0.2) is 23.1 Å². The molecule has 0 saturated heterocycles. The van der Waals surface area contributed by atoms with Crippen LogP contribution in [0.1, 0.15) is 44.9 Å². The molecule has 0 bridgehead atoms. The van der Waals surface area contributed by atoms with Gasteiger partial charge in [0, 0.05) is 6.04 Å². The molecule has 0 spiro atoms. The van der Waals surface area contributed by atoms with Crippen LogP contribution >= 0.6 is 22.6 Å². The minimum Gasteiger partial charge on any atom is -0.496 e. The highest BCUT2D eigenvalue weighted by Gasteiger charge is 2.21. The monoisotopic (exact) mass is 423 g/mol. The minimum absolute atomic E-state index is 0.0649. The Kier molecular flexibility index (Phi) is 6.31. The summed E-state index contributed by atoms with van der Waals surface area (Å²) >= 11 is 2.09. The number of sulfonamides is 1. The fourth-order valence-electron chi connectivity index (χ4n) is 2.68. The van der Waals surface area contributed by atoms with Gasteiger partial charge in [0.1, 0.15) is 5.75 Å². The molecule has 0 radical (unpaired) electrons. The summed E-state index contributed by atoms with van der Waals surface area (Å²) in [6.07, 6.45) is 7.77. The van der Waals surface area contributed by atoms with E-state index in [2.05, 4.69) is 27.3 Å². The maximum absolute atomic E-state index is 12.5. The van der Waals surface area contributed by atoms with Crippen molar-refractivity contribution in [3.05, 3.63) is 21.8 Å². The maximum atomic E-state index is 12.5. The van der Waals surface area contributed by atoms with Gasteiger partial charge in [-0.15, -0.1) is 0 Å². The highest BCUT2D eigenvalue weighted by Crippen LogP contribution is 2.25. The van der Waals surface area contributed by atoms with Crippen LogP contribution in [0.5, 0.6) is 5.75 Å². The lowest BCUT2D eigenvalue weighted by Gasteiger charge is -2.21. The van der Waals surface area contributed by atoms with Crippen LogP contribution in [0.3, 0.4) is 0 Å². The minimum atomic E-state index is -3.45. The molecule has 0 heterocycles. The summed E-state index contributed by atoms with van der Waals surface area (Å²) in [6.45, 7) is 0. The SMILES string of the molecule is COc1ccc(S(=O)(=O)NC2CCCCCCC2)cc1I. The summed E-state index contributed by atoms with van der Waals surface area (Å²) < 4.78 is 33.8. The summed E-state index contributed by atoms with van der Waals surface area (Å²) in [5, 5.41) is 0. The number of nitrogens with one attached hydrogen (secondary N) is 1.